The fourth-order valence-electron chi connectivity index (χ4n) is 0.795. The van der Waals surface area contributed by atoms with Crippen molar-refractivity contribution in [2.24, 2.45) is 10.7 Å². The lowest BCUT2D eigenvalue weighted by atomic mass is 10.2. The Balaban J connectivity index is 2.82. The van der Waals surface area contributed by atoms with Crippen LogP contribution in [-0.2, 0) is 0 Å². The van der Waals surface area contributed by atoms with Crippen LogP contribution in [0, 0.1) is 0 Å². The second kappa shape index (κ2) is 3.88. The highest BCUT2D eigenvalue weighted by atomic mass is 16.3. The first-order valence-electron chi connectivity index (χ1n) is 3.77. The Kier molecular flexibility index (Phi) is 2.82. The van der Waals surface area contributed by atoms with Crippen LogP contribution in [0.2, 0.25) is 0 Å². The molecule has 0 aromatic heterocycles. The zero-order valence-corrected chi connectivity index (χ0v) is 6.94. The number of benzene rings is 1. The molecule has 0 amide bonds. The maximum atomic E-state index is 9.29. The molecule has 3 nitrogen and oxygen atoms in total. The van der Waals surface area contributed by atoms with E-state index in [1.165, 1.54) is 0 Å². The third-order valence-corrected chi connectivity index (χ3v) is 1.39. The molecule has 1 aromatic carbocycles. The molecule has 1 rings (SSSR count). The van der Waals surface area contributed by atoms with E-state index in [1.807, 2.05) is 6.07 Å². The molecule has 0 bridgehead atoms. The third-order valence-electron chi connectivity index (χ3n) is 1.39. The van der Waals surface area contributed by atoms with Crippen molar-refractivity contribution in [3.8, 4) is 5.75 Å². The Morgan fingerprint density at radius 2 is 2.17 bits per heavy atom. The second-order valence-electron chi connectivity index (χ2n) is 2.58. The van der Waals surface area contributed by atoms with Gasteiger partial charge in [0, 0.05) is 11.8 Å². The molecule has 0 heterocycles. The predicted molar refractivity (Wildman–Crippen MR) is 49.4 cm³/mol. The Hall–Kier alpha value is -1.35. The number of aliphatic imine (C=N–C) groups is 1. The number of hydrogen-bond donors (Lipinski definition) is 2. The smallest absolute Gasteiger partial charge is 0.124 e. The number of phenolic OH excluding ortho intramolecular Hbond substituents is 1. The van der Waals surface area contributed by atoms with Gasteiger partial charge in [0.05, 0.1) is 6.17 Å². The van der Waals surface area contributed by atoms with Crippen molar-refractivity contribution in [2.45, 2.75) is 13.1 Å². The summed E-state index contributed by atoms with van der Waals surface area (Å²) in [5.41, 5.74) is 6.10. The number of hydrogen-bond acceptors (Lipinski definition) is 3. The standard InChI is InChI=1S/C9H12N2O/c1-7(10)11-6-8-4-2-3-5-9(8)12/h2-7,12H,10H2,1H3. The Morgan fingerprint density at radius 3 is 2.75 bits per heavy atom. The minimum atomic E-state index is -0.232. The van der Waals surface area contributed by atoms with Gasteiger partial charge in [-0.1, -0.05) is 12.1 Å². The molecule has 1 aromatic rings. The molecule has 0 fully saturated rings. The van der Waals surface area contributed by atoms with Crippen LogP contribution in [-0.4, -0.2) is 17.5 Å². The van der Waals surface area contributed by atoms with E-state index in [1.54, 1.807) is 31.3 Å². The monoisotopic (exact) mass is 164 g/mol. The van der Waals surface area contributed by atoms with Gasteiger partial charge in [-0.3, -0.25) is 4.99 Å². The van der Waals surface area contributed by atoms with Gasteiger partial charge in [0.2, 0.25) is 0 Å². The number of nitrogens with zero attached hydrogens (tertiary/aromatic N) is 1. The van der Waals surface area contributed by atoms with Crippen LogP contribution in [0.1, 0.15) is 12.5 Å². The maximum Gasteiger partial charge on any atom is 0.124 e. The topological polar surface area (TPSA) is 58.6 Å². The lowest BCUT2D eigenvalue weighted by Gasteiger charge is -1.98. The number of phenols is 1. The fraction of sp³-hybridized carbons (Fsp3) is 0.222. The van der Waals surface area contributed by atoms with Gasteiger partial charge in [-0.2, -0.15) is 0 Å². The van der Waals surface area contributed by atoms with Gasteiger partial charge in [-0.05, 0) is 19.1 Å². The molecular weight excluding hydrogens is 152 g/mol. The Morgan fingerprint density at radius 1 is 1.50 bits per heavy atom. The van der Waals surface area contributed by atoms with E-state index in [0.717, 1.165) is 0 Å². The van der Waals surface area contributed by atoms with Crippen molar-refractivity contribution in [1.82, 2.24) is 0 Å². The first-order valence-corrected chi connectivity index (χ1v) is 3.77. The first-order chi connectivity index (χ1) is 5.70. The lowest BCUT2D eigenvalue weighted by Crippen LogP contribution is -2.11. The zero-order valence-electron chi connectivity index (χ0n) is 6.94. The van der Waals surface area contributed by atoms with Crippen molar-refractivity contribution in [3.63, 3.8) is 0 Å². The fourth-order valence-corrected chi connectivity index (χ4v) is 0.795. The third kappa shape index (κ3) is 2.36. The molecule has 3 N–H and O–H groups in total. The first kappa shape index (κ1) is 8.74. The van der Waals surface area contributed by atoms with Crippen molar-refractivity contribution < 1.29 is 5.11 Å². The summed E-state index contributed by atoms with van der Waals surface area (Å²) >= 11 is 0. The van der Waals surface area contributed by atoms with E-state index in [9.17, 15) is 5.11 Å². The highest BCUT2D eigenvalue weighted by Crippen LogP contribution is 2.12. The predicted octanol–water partition coefficient (Wildman–Crippen LogP) is 1.12. The van der Waals surface area contributed by atoms with Crippen LogP contribution in [0.4, 0.5) is 0 Å². The molecule has 0 spiro atoms. The molecule has 1 unspecified atom stereocenters. The molecule has 0 saturated heterocycles. The van der Waals surface area contributed by atoms with E-state index in [0.29, 0.717) is 5.56 Å². The van der Waals surface area contributed by atoms with Crippen LogP contribution in [0.5, 0.6) is 5.75 Å². The molecule has 0 aliphatic heterocycles. The molecule has 12 heavy (non-hydrogen) atoms. The second-order valence-corrected chi connectivity index (χ2v) is 2.58. The lowest BCUT2D eigenvalue weighted by molar-refractivity contribution is 0.474. The summed E-state index contributed by atoms with van der Waals surface area (Å²) in [6, 6.07) is 6.99. The van der Waals surface area contributed by atoms with Crippen LogP contribution in [0.3, 0.4) is 0 Å². The molecule has 3 heteroatoms. The highest BCUT2D eigenvalue weighted by molar-refractivity contribution is 5.83. The van der Waals surface area contributed by atoms with E-state index >= 15 is 0 Å². The van der Waals surface area contributed by atoms with Crippen molar-refractivity contribution in [2.75, 3.05) is 0 Å². The van der Waals surface area contributed by atoms with E-state index in [2.05, 4.69) is 4.99 Å². The summed E-state index contributed by atoms with van der Waals surface area (Å²) < 4.78 is 0. The average molecular weight is 164 g/mol. The molecule has 64 valence electrons. The van der Waals surface area contributed by atoms with Crippen LogP contribution < -0.4 is 5.73 Å². The SMILES string of the molecule is CC(N)N=Cc1ccccc1O. The number of para-hydroxylation sites is 1. The largest absolute Gasteiger partial charge is 0.507 e. The zero-order chi connectivity index (χ0) is 8.97. The number of rotatable bonds is 2. The quantitative estimate of drug-likeness (QED) is 0.643. The van der Waals surface area contributed by atoms with Gasteiger partial charge in [-0.25, -0.2) is 0 Å². The van der Waals surface area contributed by atoms with Gasteiger partial charge in [0.25, 0.3) is 0 Å². The minimum absolute atomic E-state index is 0.224. The average Bonchev–Trinajstić information content (AvgIpc) is 2.03. The normalized spacial score (nSPS) is 13.5. The van der Waals surface area contributed by atoms with E-state index < -0.39 is 0 Å². The van der Waals surface area contributed by atoms with Gasteiger partial charge in [0.1, 0.15) is 5.75 Å². The van der Waals surface area contributed by atoms with Crippen molar-refractivity contribution in [1.29, 1.82) is 0 Å². The van der Waals surface area contributed by atoms with Gasteiger partial charge in [0.15, 0.2) is 0 Å². The molecule has 1 atom stereocenters. The summed E-state index contributed by atoms with van der Waals surface area (Å²) in [6.07, 6.45) is 1.34. The minimum Gasteiger partial charge on any atom is -0.507 e. The van der Waals surface area contributed by atoms with Crippen molar-refractivity contribution >= 4 is 6.21 Å². The molecule has 0 saturated carbocycles. The van der Waals surface area contributed by atoms with Crippen molar-refractivity contribution in [3.05, 3.63) is 29.8 Å². The summed E-state index contributed by atoms with van der Waals surface area (Å²) in [5.74, 6) is 0.224. The summed E-state index contributed by atoms with van der Waals surface area (Å²) in [6.45, 7) is 1.77. The number of nitrogens with two attached hydrogens (primary N) is 1. The molecule has 0 aliphatic carbocycles. The summed E-state index contributed by atoms with van der Waals surface area (Å²) in [4.78, 5) is 3.95. The Labute approximate surface area is 71.6 Å². The molecule has 0 aliphatic rings. The van der Waals surface area contributed by atoms with E-state index in [-0.39, 0.29) is 11.9 Å². The van der Waals surface area contributed by atoms with Gasteiger partial charge in [-0.15, -0.1) is 0 Å². The molecule has 0 radical (unpaired) electrons. The van der Waals surface area contributed by atoms with Crippen LogP contribution in [0.15, 0.2) is 29.3 Å². The Bertz CT molecular complexity index is 282. The maximum absolute atomic E-state index is 9.29. The van der Waals surface area contributed by atoms with Gasteiger partial charge >= 0.3 is 0 Å². The van der Waals surface area contributed by atoms with Crippen LogP contribution in [0.25, 0.3) is 0 Å². The van der Waals surface area contributed by atoms with Gasteiger partial charge < -0.3 is 10.8 Å². The number of aromatic hydroxyl groups is 1. The summed E-state index contributed by atoms with van der Waals surface area (Å²) in [7, 11) is 0. The van der Waals surface area contributed by atoms with Crippen LogP contribution >= 0.6 is 0 Å². The summed E-state index contributed by atoms with van der Waals surface area (Å²) in [5, 5.41) is 9.29. The highest BCUT2D eigenvalue weighted by Gasteiger charge is 1.94. The molecular formula is C9H12N2O. The van der Waals surface area contributed by atoms with E-state index in [4.69, 9.17) is 5.73 Å².